The quantitative estimate of drug-likeness (QED) is 0.795. The van der Waals surface area contributed by atoms with Crippen molar-refractivity contribution in [3.63, 3.8) is 0 Å². The second kappa shape index (κ2) is 6.67. The minimum atomic E-state index is -0.383. The van der Waals surface area contributed by atoms with Gasteiger partial charge < -0.3 is 5.32 Å². The Labute approximate surface area is 138 Å². The lowest BCUT2D eigenvalue weighted by atomic mass is 10.0. The maximum absolute atomic E-state index is 12.3. The van der Waals surface area contributed by atoms with E-state index in [2.05, 4.69) is 31.4 Å². The molecule has 3 heterocycles. The molecule has 0 aromatic carbocycles. The first-order valence-corrected chi connectivity index (χ1v) is 8.13. The Morgan fingerprint density at radius 2 is 2.17 bits per heavy atom. The van der Waals surface area contributed by atoms with Crippen LogP contribution in [0, 0.1) is 12.3 Å². The number of thiazole rings is 1. The number of carbonyl (C=O) groups is 1. The molecular weight excluding hydrogens is 310 g/mol. The predicted molar refractivity (Wildman–Crippen MR) is 87.9 cm³/mol. The van der Waals surface area contributed by atoms with Crippen molar-refractivity contribution in [2.24, 2.45) is 10.2 Å². The Morgan fingerprint density at radius 1 is 1.30 bits per heavy atom. The van der Waals surface area contributed by atoms with Gasteiger partial charge in [0.15, 0.2) is 5.66 Å². The first kappa shape index (κ1) is 15.3. The van der Waals surface area contributed by atoms with Gasteiger partial charge in [0, 0.05) is 32.0 Å². The molecule has 0 aliphatic carbocycles. The highest BCUT2D eigenvalue weighted by Gasteiger charge is 2.38. The smallest absolute Gasteiger partial charge is 0.271 e. The summed E-state index contributed by atoms with van der Waals surface area (Å²) in [5, 5.41) is 11.0. The number of rotatable bonds is 7. The van der Waals surface area contributed by atoms with E-state index >= 15 is 0 Å². The van der Waals surface area contributed by atoms with Crippen LogP contribution in [-0.4, -0.2) is 28.1 Å². The van der Waals surface area contributed by atoms with Gasteiger partial charge in [-0.05, 0) is 12.1 Å². The molecule has 2 aromatic heterocycles. The number of amides is 1. The van der Waals surface area contributed by atoms with Crippen molar-refractivity contribution in [2.45, 2.75) is 24.9 Å². The highest BCUT2D eigenvalue weighted by molar-refractivity contribution is 7.13. The van der Waals surface area contributed by atoms with Crippen LogP contribution >= 0.6 is 11.3 Å². The van der Waals surface area contributed by atoms with E-state index in [0.717, 1.165) is 17.0 Å². The zero-order valence-electron chi connectivity index (χ0n) is 12.4. The highest BCUT2D eigenvalue weighted by atomic mass is 32.1. The Morgan fingerprint density at radius 3 is 2.87 bits per heavy atom. The van der Waals surface area contributed by atoms with E-state index in [9.17, 15) is 4.79 Å². The Hall–Kier alpha value is -2.59. The fraction of sp³-hybridized carbons (Fsp3) is 0.312. The molecule has 0 unspecified atom stereocenters. The molecule has 7 heteroatoms. The number of hydrogen-bond donors (Lipinski definition) is 1. The van der Waals surface area contributed by atoms with Gasteiger partial charge in [-0.25, -0.2) is 4.98 Å². The molecular formula is C16H15N5OS. The molecule has 116 valence electrons. The van der Waals surface area contributed by atoms with Crippen molar-refractivity contribution in [1.29, 1.82) is 0 Å². The molecule has 2 aromatic rings. The van der Waals surface area contributed by atoms with E-state index in [4.69, 9.17) is 6.42 Å². The van der Waals surface area contributed by atoms with E-state index in [1.165, 1.54) is 11.3 Å². The Kier molecular flexibility index (Phi) is 4.44. The van der Waals surface area contributed by atoms with Gasteiger partial charge in [-0.15, -0.1) is 23.7 Å². The standard InChI is InChI=1S/C16H15N5OS/c1-2-3-7-16(20-21-16)8-10-18-15(22)13-14(23-11-19-13)12-6-4-5-9-17-12/h1,4-6,9,11H,3,7-8,10H2,(H,18,22). The zero-order valence-corrected chi connectivity index (χ0v) is 13.2. The lowest BCUT2D eigenvalue weighted by molar-refractivity contribution is 0.0948. The molecule has 1 aliphatic rings. The van der Waals surface area contributed by atoms with Gasteiger partial charge in [0.05, 0.1) is 16.1 Å². The number of carbonyl (C=O) groups excluding carboxylic acids is 1. The van der Waals surface area contributed by atoms with Gasteiger partial charge in [0.2, 0.25) is 0 Å². The van der Waals surface area contributed by atoms with E-state index in [1.54, 1.807) is 11.7 Å². The van der Waals surface area contributed by atoms with Crippen molar-refractivity contribution < 1.29 is 4.79 Å². The summed E-state index contributed by atoms with van der Waals surface area (Å²) in [4.78, 5) is 21.5. The van der Waals surface area contributed by atoms with Gasteiger partial charge in [0.25, 0.3) is 5.91 Å². The number of aromatic nitrogens is 2. The first-order chi connectivity index (χ1) is 11.2. The molecule has 23 heavy (non-hydrogen) atoms. The summed E-state index contributed by atoms with van der Waals surface area (Å²) >= 11 is 1.40. The summed E-state index contributed by atoms with van der Waals surface area (Å²) in [6.07, 6.45) is 8.98. The normalized spacial score (nSPS) is 14.2. The number of nitrogens with zero attached hydrogens (tertiary/aromatic N) is 4. The fourth-order valence-electron chi connectivity index (χ4n) is 2.21. The highest BCUT2D eigenvalue weighted by Crippen LogP contribution is 2.36. The average Bonchev–Trinajstić information content (AvgIpc) is 3.17. The third-order valence-electron chi connectivity index (χ3n) is 3.54. The molecule has 0 spiro atoms. The summed E-state index contributed by atoms with van der Waals surface area (Å²) in [6.45, 7) is 0.482. The molecule has 1 aliphatic heterocycles. The lowest BCUT2D eigenvalue weighted by Crippen LogP contribution is -2.28. The third-order valence-corrected chi connectivity index (χ3v) is 4.39. The van der Waals surface area contributed by atoms with Gasteiger partial charge in [-0.3, -0.25) is 9.78 Å². The number of terminal acetylenes is 1. The van der Waals surface area contributed by atoms with Crippen LogP contribution in [0.1, 0.15) is 29.8 Å². The van der Waals surface area contributed by atoms with Crippen molar-refractivity contribution in [3.8, 4) is 22.9 Å². The summed E-state index contributed by atoms with van der Waals surface area (Å²) in [5.41, 5.74) is 2.42. The van der Waals surface area contributed by atoms with Crippen molar-refractivity contribution in [2.75, 3.05) is 6.54 Å². The summed E-state index contributed by atoms with van der Waals surface area (Å²) < 4.78 is 0. The summed E-state index contributed by atoms with van der Waals surface area (Å²) in [5.74, 6) is 2.38. The van der Waals surface area contributed by atoms with Crippen molar-refractivity contribution in [1.82, 2.24) is 15.3 Å². The monoisotopic (exact) mass is 325 g/mol. The lowest BCUT2D eigenvalue weighted by Gasteiger charge is -2.09. The fourth-order valence-corrected chi connectivity index (χ4v) is 2.98. The molecule has 0 saturated carbocycles. The Balaban J connectivity index is 1.58. The average molecular weight is 325 g/mol. The van der Waals surface area contributed by atoms with Crippen LogP contribution in [0.4, 0.5) is 0 Å². The van der Waals surface area contributed by atoms with E-state index in [0.29, 0.717) is 25.1 Å². The molecule has 1 amide bonds. The topological polar surface area (TPSA) is 79.6 Å². The first-order valence-electron chi connectivity index (χ1n) is 7.25. The van der Waals surface area contributed by atoms with Crippen molar-refractivity contribution in [3.05, 3.63) is 35.6 Å². The second-order valence-corrected chi connectivity index (χ2v) is 5.99. The molecule has 6 nitrogen and oxygen atoms in total. The van der Waals surface area contributed by atoms with Crippen LogP contribution in [0.2, 0.25) is 0 Å². The van der Waals surface area contributed by atoms with Crippen LogP contribution in [0.5, 0.6) is 0 Å². The van der Waals surface area contributed by atoms with E-state index < -0.39 is 0 Å². The molecule has 0 saturated heterocycles. The largest absolute Gasteiger partial charge is 0.350 e. The van der Waals surface area contributed by atoms with Crippen LogP contribution < -0.4 is 5.32 Å². The van der Waals surface area contributed by atoms with Gasteiger partial charge in [-0.1, -0.05) is 6.07 Å². The minimum absolute atomic E-state index is 0.209. The number of hydrogen-bond acceptors (Lipinski definition) is 6. The van der Waals surface area contributed by atoms with Crippen LogP contribution in [0.15, 0.2) is 40.1 Å². The van der Waals surface area contributed by atoms with Crippen molar-refractivity contribution >= 4 is 17.2 Å². The van der Waals surface area contributed by atoms with Gasteiger partial charge in [0.1, 0.15) is 5.69 Å². The van der Waals surface area contributed by atoms with Crippen LogP contribution in [0.25, 0.3) is 10.6 Å². The molecule has 0 atom stereocenters. The summed E-state index contributed by atoms with van der Waals surface area (Å²) in [7, 11) is 0. The molecule has 1 N–H and O–H groups in total. The minimum Gasteiger partial charge on any atom is -0.350 e. The SMILES string of the molecule is C#CCCC1(CCNC(=O)c2ncsc2-c2ccccn2)N=N1. The molecule has 0 radical (unpaired) electrons. The Bertz CT molecular complexity index is 756. The zero-order chi connectivity index (χ0) is 16.1. The summed E-state index contributed by atoms with van der Waals surface area (Å²) in [6, 6.07) is 5.58. The molecule has 3 rings (SSSR count). The third kappa shape index (κ3) is 3.60. The van der Waals surface area contributed by atoms with Crippen LogP contribution in [0.3, 0.4) is 0 Å². The van der Waals surface area contributed by atoms with Crippen LogP contribution in [-0.2, 0) is 0 Å². The van der Waals surface area contributed by atoms with Gasteiger partial charge in [-0.2, -0.15) is 10.2 Å². The van der Waals surface area contributed by atoms with E-state index in [1.807, 2.05) is 18.2 Å². The maximum atomic E-state index is 12.3. The van der Waals surface area contributed by atoms with E-state index in [-0.39, 0.29) is 11.6 Å². The van der Waals surface area contributed by atoms with Gasteiger partial charge >= 0.3 is 0 Å². The number of pyridine rings is 1. The maximum Gasteiger partial charge on any atom is 0.271 e. The predicted octanol–water partition coefficient (Wildman–Crippen LogP) is 2.90. The molecule has 0 fully saturated rings. The second-order valence-electron chi connectivity index (χ2n) is 5.14. The number of nitrogens with one attached hydrogen (secondary N) is 1. The molecule has 0 bridgehead atoms.